The maximum Gasteiger partial charge on any atom is 0.271 e. The second kappa shape index (κ2) is 6.33. The van der Waals surface area contributed by atoms with Crippen LogP contribution in [0.1, 0.15) is 43.1 Å². The Balaban J connectivity index is 1.87. The lowest BCUT2D eigenvalue weighted by Crippen LogP contribution is -2.32. The van der Waals surface area contributed by atoms with Gasteiger partial charge in [0.25, 0.3) is 5.91 Å². The molecular formula is C13H20N4O. The number of hydrogen-bond donors (Lipinski definition) is 2. The van der Waals surface area contributed by atoms with Crippen LogP contribution < -0.4 is 10.6 Å². The summed E-state index contributed by atoms with van der Waals surface area (Å²) in [7, 11) is 0. The average molecular weight is 248 g/mol. The highest BCUT2D eigenvalue weighted by molar-refractivity contribution is 5.92. The molecule has 0 aliphatic heterocycles. The van der Waals surface area contributed by atoms with Crippen LogP contribution in [0.25, 0.3) is 0 Å². The van der Waals surface area contributed by atoms with Gasteiger partial charge in [-0.3, -0.25) is 9.78 Å². The number of aromatic nitrogens is 2. The van der Waals surface area contributed by atoms with E-state index in [2.05, 4.69) is 27.5 Å². The minimum atomic E-state index is -0.130. The van der Waals surface area contributed by atoms with Crippen LogP contribution in [-0.4, -0.2) is 29.0 Å². The van der Waals surface area contributed by atoms with Crippen molar-refractivity contribution >= 4 is 11.7 Å². The first-order chi connectivity index (χ1) is 8.79. The maximum absolute atomic E-state index is 11.9. The summed E-state index contributed by atoms with van der Waals surface area (Å²) in [6.07, 6.45) is 7.90. The summed E-state index contributed by atoms with van der Waals surface area (Å²) in [5.74, 6) is 1.19. The fraction of sp³-hybridized carbons (Fsp3) is 0.615. The number of anilines is 1. The molecule has 2 N–H and O–H groups in total. The number of nitrogens with zero attached hydrogens (tertiary/aromatic N) is 2. The Morgan fingerprint density at radius 1 is 1.44 bits per heavy atom. The van der Waals surface area contributed by atoms with Gasteiger partial charge in [-0.2, -0.15) is 0 Å². The summed E-state index contributed by atoms with van der Waals surface area (Å²) in [6.45, 7) is 3.67. The van der Waals surface area contributed by atoms with Gasteiger partial charge in [-0.15, -0.1) is 0 Å². The molecule has 1 saturated carbocycles. The minimum Gasteiger partial charge on any atom is -0.369 e. The number of amides is 1. The number of carbonyl (C=O) groups excluding carboxylic acids is 1. The van der Waals surface area contributed by atoms with Gasteiger partial charge in [0.05, 0.1) is 12.4 Å². The summed E-state index contributed by atoms with van der Waals surface area (Å²) >= 11 is 0. The largest absolute Gasteiger partial charge is 0.369 e. The monoisotopic (exact) mass is 248 g/mol. The van der Waals surface area contributed by atoms with Crippen LogP contribution in [-0.2, 0) is 0 Å². The molecule has 5 heteroatoms. The molecule has 5 nitrogen and oxygen atoms in total. The molecule has 0 radical (unpaired) electrons. The van der Waals surface area contributed by atoms with Crippen molar-refractivity contribution in [1.29, 1.82) is 0 Å². The molecule has 1 aromatic heterocycles. The standard InChI is InChI=1S/C13H20N4O/c1-2-6-15-12-9-14-8-11(17-12)13(18)16-7-10-4-3-5-10/h8-10H,2-7H2,1H3,(H,15,17)(H,16,18). The first kappa shape index (κ1) is 12.8. The van der Waals surface area contributed by atoms with E-state index in [1.54, 1.807) is 6.20 Å². The number of rotatable bonds is 6. The Labute approximate surface area is 107 Å². The Bertz CT molecular complexity index is 404. The molecule has 1 aliphatic rings. The van der Waals surface area contributed by atoms with Gasteiger partial charge in [-0.05, 0) is 25.2 Å². The second-order valence-corrected chi connectivity index (χ2v) is 4.72. The molecule has 0 bridgehead atoms. The summed E-state index contributed by atoms with van der Waals surface area (Å²) in [5.41, 5.74) is 0.385. The molecule has 0 aromatic carbocycles. The highest BCUT2D eigenvalue weighted by atomic mass is 16.1. The molecule has 1 aliphatic carbocycles. The van der Waals surface area contributed by atoms with Gasteiger partial charge >= 0.3 is 0 Å². The topological polar surface area (TPSA) is 66.9 Å². The summed E-state index contributed by atoms with van der Waals surface area (Å²) < 4.78 is 0. The van der Waals surface area contributed by atoms with Crippen molar-refractivity contribution < 1.29 is 4.79 Å². The van der Waals surface area contributed by atoms with Crippen molar-refractivity contribution in [3.63, 3.8) is 0 Å². The molecule has 0 atom stereocenters. The highest BCUT2D eigenvalue weighted by Gasteiger charge is 2.18. The molecule has 1 aromatic rings. The van der Waals surface area contributed by atoms with Gasteiger partial charge in [0.15, 0.2) is 0 Å². The fourth-order valence-electron chi connectivity index (χ4n) is 1.84. The molecular weight excluding hydrogens is 228 g/mol. The van der Waals surface area contributed by atoms with Crippen LogP contribution in [0.15, 0.2) is 12.4 Å². The number of nitrogens with one attached hydrogen (secondary N) is 2. The van der Waals surface area contributed by atoms with Gasteiger partial charge in [-0.1, -0.05) is 13.3 Å². The van der Waals surface area contributed by atoms with E-state index in [1.807, 2.05) is 0 Å². The van der Waals surface area contributed by atoms with Crippen LogP contribution in [0, 0.1) is 5.92 Å². The normalized spacial score (nSPS) is 14.9. The summed E-state index contributed by atoms with van der Waals surface area (Å²) in [4.78, 5) is 20.2. The van der Waals surface area contributed by atoms with Crippen LogP contribution in [0.4, 0.5) is 5.82 Å². The highest BCUT2D eigenvalue weighted by Crippen LogP contribution is 2.25. The van der Waals surface area contributed by atoms with Gasteiger partial charge in [0.1, 0.15) is 11.5 Å². The van der Waals surface area contributed by atoms with Gasteiger partial charge < -0.3 is 10.6 Å². The predicted molar refractivity (Wildman–Crippen MR) is 70.5 cm³/mol. The van der Waals surface area contributed by atoms with Crippen molar-refractivity contribution in [3.05, 3.63) is 18.1 Å². The van der Waals surface area contributed by atoms with E-state index in [1.165, 1.54) is 25.5 Å². The minimum absolute atomic E-state index is 0.130. The van der Waals surface area contributed by atoms with E-state index in [9.17, 15) is 4.79 Å². The molecule has 1 heterocycles. The summed E-state index contributed by atoms with van der Waals surface area (Å²) in [5, 5.41) is 6.04. The molecule has 0 spiro atoms. The lowest BCUT2D eigenvalue weighted by atomic mass is 9.85. The Kier molecular flexibility index (Phi) is 4.50. The first-order valence-electron chi connectivity index (χ1n) is 6.63. The zero-order chi connectivity index (χ0) is 12.8. The van der Waals surface area contributed by atoms with Crippen molar-refractivity contribution in [2.24, 2.45) is 5.92 Å². The quantitative estimate of drug-likeness (QED) is 0.806. The third kappa shape index (κ3) is 3.42. The molecule has 1 amide bonds. The molecule has 2 rings (SSSR count). The van der Waals surface area contributed by atoms with Crippen molar-refractivity contribution in [2.45, 2.75) is 32.6 Å². The first-order valence-corrected chi connectivity index (χ1v) is 6.63. The zero-order valence-corrected chi connectivity index (χ0v) is 10.8. The lowest BCUT2D eigenvalue weighted by molar-refractivity contribution is 0.0934. The summed E-state index contributed by atoms with van der Waals surface area (Å²) in [6, 6.07) is 0. The third-order valence-corrected chi connectivity index (χ3v) is 3.20. The van der Waals surface area contributed by atoms with Gasteiger partial charge in [0, 0.05) is 13.1 Å². The second-order valence-electron chi connectivity index (χ2n) is 4.72. The average Bonchev–Trinajstić information content (AvgIpc) is 2.34. The van der Waals surface area contributed by atoms with E-state index in [0.29, 0.717) is 17.4 Å². The van der Waals surface area contributed by atoms with E-state index >= 15 is 0 Å². The van der Waals surface area contributed by atoms with E-state index in [4.69, 9.17) is 0 Å². The SMILES string of the molecule is CCCNc1cncc(C(=O)NCC2CCC2)n1. The van der Waals surface area contributed by atoms with Crippen LogP contribution >= 0.6 is 0 Å². The Morgan fingerprint density at radius 2 is 2.28 bits per heavy atom. The molecule has 98 valence electrons. The number of hydrogen-bond acceptors (Lipinski definition) is 4. The van der Waals surface area contributed by atoms with Crippen LogP contribution in [0.3, 0.4) is 0 Å². The van der Waals surface area contributed by atoms with E-state index in [0.717, 1.165) is 19.5 Å². The van der Waals surface area contributed by atoms with Gasteiger partial charge in [0.2, 0.25) is 0 Å². The van der Waals surface area contributed by atoms with E-state index in [-0.39, 0.29) is 5.91 Å². The predicted octanol–water partition coefficient (Wildman–Crippen LogP) is 1.83. The smallest absolute Gasteiger partial charge is 0.271 e. The Morgan fingerprint density at radius 3 is 2.94 bits per heavy atom. The molecule has 1 fully saturated rings. The lowest BCUT2D eigenvalue weighted by Gasteiger charge is -2.25. The maximum atomic E-state index is 11.9. The van der Waals surface area contributed by atoms with Crippen LogP contribution in [0.2, 0.25) is 0 Å². The molecule has 18 heavy (non-hydrogen) atoms. The zero-order valence-electron chi connectivity index (χ0n) is 10.8. The van der Waals surface area contributed by atoms with Crippen molar-refractivity contribution in [1.82, 2.24) is 15.3 Å². The molecule has 0 saturated heterocycles. The van der Waals surface area contributed by atoms with Gasteiger partial charge in [-0.25, -0.2) is 4.98 Å². The number of carbonyl (C=O) groups is 1. The van der Waals surface area contributed by atoms with Crippen molar-refractivity contribution in [3.8, 4) is 0 Å². The molecule has 0 unspecified atom stereocenters. The fourth-order valence-corrected chi connectivity index (χ4v) is 1.84. The Hall–Kier alpha value is -1.65. The van der Waals surface area contributed by atoms with Crippen molar-refractivity contribution in [2.75, 3.05) is 18.4 Å². The third-order valence-electron chi connectivity index (χ3n) is 3.20. The van der Waals surface area contributed by atoms with Crippen LogP contribution in [0.5, 0.6) is 0 Å². The van der Waals surface area contributed by atoms with E-state index < -0.39 is 0 Å².